The Hall–Kier alpha value is -2.96. The first-order valence-corrected chi connectivity index (χ1v) is 7.98. The number of methoxy groups -OCH3 is 1. The van der Waals surface area contributed by atoms with Crippen LogP contribution in [0.2, 0.25) is 0 Å². The van der Waals surface area contributed by atoms with Gasteiger partial charge < -0.3 is 24.9 Å². The van der Waals surface area contributed by atoms with E-state index in [1.54, 1.807) is 24.3 Å². The number of anilines is 1. The minimum absolute atomic E-state index is 0.254. The molecule has 1 fully saturated rings. The third kappa shape index (κ3) is 3.93. The van der Waals surface area contributed by atoms with Gasteiger partial charge >= 0.3 is 0 Å². The Morgan fingerprint density at radius 3 is 2.68 bits per heavy atom. The number of hydrogen-bond donors (Lipinski definition) is 2. The van der Waals surface area contributed by atoms with E-state index in [2.05, 4.69) is 12.2 Å². The van der Waals surface area contributed by atoms with E-state index < -0.39 is 5.91 Å². The highest BCUT2D eigenvalue weighted by Gasteiger charge is 2.37. The molecule has 0 radical (unpaired) electrons. The van der Waals surface area contributed by atoms with Crippen molar-refractivity contribution >= 4 is 17.5 Å². The van der Waals surface area contributed by atoms with Gasteiger partial charge in [0, 0.05) is 17.7 Å². The van der Waals surface area contributed by atoms with Crippen LogP contribution in [-0.2, 0) is 4.79 Å². The number of amides is 2. The molecule has 25 heavy (non-hydrogen) atoms. The molecule has 7 nitrogen and oxygen atoms in total. The number of carbonyl (C=O) groups is 2. The minimum Gasteiger partial charge on any atom is -0.493 e. The van der Waals surface area contributed by atoms with E-state index in [-0.39, 0.29) is 18.3 Å². The number of rotatable bonds is 7. The molecule has 2 aromatic rings. The molecule has 1 aromatic heterocycles. The van der Waals surface area contributed by atoms with E-state index in [4.69, 9.17) is 19.6 Å². The Morgan fingerprint density at radius 1 is 1.28 bits per heavy atom. The second kappa shape index (κ2) is 6.88. The lowest BCUT2D eigenvalue weighted by molar-refractivity contribution is -0.119. The fraction of sp³-hybridized carbons (Fsp3) is 0.333. The molecule has 0 bridgehead atoms. The van der Waals surface area contributed by atoms with Gasteiger partial charge in [-0.05, 0) is 36.6 Å². The Kier molecular flexibility index (Phi) is 4.65. The Labute approximate surface area is 145 Å². The number of furan rings is 1. The highest BCUT2D eigenvalue weighted by molar-refractivity contribution is 6.02. The van der Waals surface area contributed by atoms with Crippen molar-refractivity contribution in [1.29, 1.82) is 0 Å². The van der Waals surface area contributed by atoms with Gasteiger partial charge in [-0.3, -0.25) is 9.59 Å². The lowest BCUT2D eigenvalue weighted by Crippen LogP contribution is -2.20. The molecule has 3 N–H and O–H groups in total. The summed E-state index contributed by atoms with van der Waals surface area (Å²) in [6.07, 6.45) is 1.09. The van der Waals surface area contributed by atoms with Crippen LogP contribution in [-0.4, -0.2) is 25.5 Å². The summed E-state index contributed by atoms with van der Waals surface area (Å²) in [6, 6.07) is 8.38. The zero-order valence-electron chi connectivity index (χ0n) is 14.1. The number of benzene rings is 1. The monoisotopic (exact) mass is 344 g/mol. The van der Waals surface area contributed by atoms with Crippen molar-refractivity contribution in [2.24, 2.45) is 11.7 Å². The first kappa shape index (κ1) is 16.9. The first-order valence-electron chi connectivity index (χ1n) is 7.98. The molecule has 0 saturated heterocycles. The maximum atomic E-state index is 12.3. The third-order valence-corrected chi connectivity index (χ3v) is 4.12. The van der Waals surface area contributed by atoms with E-state index in [0.29, 0.717) is 29.0 Å². The Balaban J connectivity index is 1.70. The molecule has 1 aliphatic carbocycles. The molecular formula is C18H20N2O5. The van der Waals surface area contributed by atoms with Crippen LogP contribution in [0.3, 0.4) is 0 Å². The van der Waals surface area contributed by atoms with E-state index in [1.807, 2.05) is 6.07 Å². The lowest BCUT2D eigenvalue weighted by Gasteiger charge is -2.11. The average molecular weight is 344 g/mol. The summed E-state index contributed by atoms with van der Waals surface area (Å²) in [5, 5.41) is 2.74. The Morgan fingerprint density at radius 2 is 2.04 bits per heavy atom. The normalized spacial score (nSPS) is 18.5. The van der Waals surface area contributed by atoms with Crippen LogP contribution in [0.1, 0.15) is 35.6 Å². The average Bonchev–Trinajstić information content (AvgIpc) is 3.11. The van der Waals surface area contributed by atoms with E-state index >= 15 is 0 Å². The third-order valence-electron chi connectivity index (χ3n) is 4.12. The van der Waals surface area contributed by atoms with Crippen molar-refractivity contribution in [3.05, 3.63) is 41.9 Å². The number of nitrogens with one attached hydrogen (secondary N) is 1. The molecule has 0 aliphatic heterocycles. The van der Waals surface area contributed by atoms with E-state index in [1.165, 1.54) is 7.11 Å². The standard InChI is InChI=1S/C18H20N2O5/c1-10-7-12(10)13-5-6-15(25-13)18(22)20-11-3-4-14(23-2)16(8-11)24-9-17(19)21/h3-6,8,10,12H,7,9H2,1-2H3,(H2,19,21)(H,20,22). The van der Waals surface area contributed by atoms with Crippen LogP contribution in [0.4, 0.5) is 5.69 Å². The van der Waals surface area contributed by atoms with Crippen LogP contribution in [0, 0.1) is 5.92 Å². The minimum atomic E-state index is -0.603. The molecule has 1 heterocycles. The van der Waals surface area contributed by atoms with Crippen molar-refractivity contribution in [3.63, 3.8) is 0 Å². The predicted molar refractivity (Wildman–Crippen MR) is 90.9 cm³/mol. The first-order chi connectivity index (χ1) is 12.0. The molecule has 2 amide bonds. The second-order valence-corrected chi connectivity index (χ2v) is 6.10. The van der Waals surface area contributed by atoms with Crippen molar-refractivity contribution in [2.45, 2.75) is 19.3 Å². The molecule has 1 aromatic carbocycles. The molecule has 132 valence electrons. The van der Waals surface area contributed by atoms with Gasteiger partial charge in [0.1, 0.15) is 5.76 Å². The van der Waals surface area contributed by atoms with Crippen molar-refractivity contribution < 1.29 is 23.5 Å². The van der Waals surface area contributed by atoms with Gasteiger partial charge in [0.25, 0.3) is 11.8 Å². The van der Waals surface area contributed by atoms with Gasteiger partial charge in [-0.2, -0.15) is 0 Å². The van der Waals surface area contributed by atoms with E-state index in [9.17, 15) is 9.59 Å². The Bertz CT molecular complexity index is 799. The molecule has 1 aliphatic rings. The summed E-state index contributed by atoms with van der Waals surface area (Å²) < 4.78 is 16.1. The maximum Gasteiger partial charge on any atom is 0.291 e. The maximum absolute atomic E-state index is 12.3. The van der Waals surface area contributed by atoms with Gasteiger partial charge in [-0.1, -0.05) is 6.92 Å². The van der Waals surface area contributed by atoms with Crippen LogP contribution >= 0.6 is 0 Å². The molecule has 3 rings (SSSR count). The fourth-order valence-electron chi connectivity index (χ4n) is 2.60. The largest absolute Gasteiger partial charge is 0.493 e. The molecule has 7 heteroatoms. The number of nitrogens with two attached hydrogens (primary N) is 1. The molecular weight excluding hydrogens is 324 g/mol. The zero-order valence-corrected chi connectivity index (χ0v) is 14.1. The van der Waals surface area contributed by atoms with Crippen LogP contribution in [0.25, 0.3) is 0 Å². The number of hydrogen-bond acceptors (Lipinski definition) is 5. The van der Waals surface area contributed by atoms with Crippen LogP contribution < -0.4 is 20.5 Å². The number of carbonyl (C=O) groups excluding carboxylic acids is 2. The van der Waals surface area contributed by atoms with Gasteiger partial charge in [0.2, 0.25) is 0 Å². The summed E-state index contributed by atoms with van der Waals surface area (Å²) in [5.74, 6) is 1.90. The summed E-state index contributed by atoms with van der Waals surface area (Å²) in [5.41, 5.74) is 5.57. The smallest absolute Gasteiger partial charge is 0.291 e. The summed E-state index contributed by atoms with van der Waals surface area (Å²) in [6.45, 7) is 1.87. The highest BCUT2D eigenvalue weighted by atomic mass is 16.5. The predicted octanol–water partition coefficient (Wildman–Crippen LogP) is 2.53. The van der Waals surface area contributed by atoms with Gasteiger partial charge in [0.05, 0.1) is 7.11 Å². The number of primary amides is 1. The lowest BCUT2D eigenvalue weighted by atomic mass is 10.2. The van der Waals surface area contributed by atoms with Crippen LogP contribution in [0.5, 0.6) is 11.5 Å². The van der Waals surface area contributed by atoms with Gasteiger partial charge in [-0.25, -0.2) is 0 Å². The van der Waals surface area contributed by atoms with Crippen LogP contribution in [0.15, 0.2) is 34.7 Å². The van der Waals surface area contributed by atoms with Gasteiger partial charge in [0.15, 0.2) is 23.9 Å². The molecule has 1 saturated carbocycles. The summed E-state index contributed by atoms with van der Waals surface area (Å²) >= 11 is 0. The summed E-state index contributed by atoms with van der Waals surface area (Å²) in [4.78, 5) is 23.2. The SMILES string of the molecule is COc1ccc(NC(=O)c2ccc(C3CC3C)o2)cc1OCC(N)=O. The molecule has 0 spiro atoms. The summed E-state index contributed by atoms with van der Waals surface area (Å²) in [7, 11) is 1.48. The number of ether oxygens (including phenoxy) is 2. The second-order valence-electron chi connectivity index (χ2n) is 6.10. The zero-order chi connectivity index (χ0) is 18.0. The topological polar surface area (TPSA) is 104 Å². The quantitative estimate of drug-likeness (QED) is 0.803. The van der Waals surface area contributed by atoms with Crippen molar-refractivity contribution in [3.8, 4) is 11.5 Å². The van der Waals surface area contributed by atoms with E-state index in [0.717, 1.165) is 12.2 Å². The van der Waals surface area contributed by atoms with Crippen molar-refractivity contribution in [2.75, 3.05) is 19.0 Å². The molecule has 2 atom stereocenters. The molecule has 2 unspecified atom stereocenters. The highest BCUT2D eigenvalue weighted by Crippen LogP contribution is 2.47. The van der Waals surface area contributed by atoms with Crippen molar-refractivity contribution in [1.82, 2.24) is 0 Å². The van der Waals surface area contributed by atoms with Gasteiger partial charge in [-0.15, -0.1) is 0 Å². The fourth-order valence-corrected chi connectivity index (χ4v) is 2.60.